The summed E-state index contributed by atoms with van der Waals surface area (Å²) in [6.07, 6.45) is 8.10. The highest BCUT2D eigenvalue weighted by atomic mass is 32.2. The second kappa shape index (κ2) is 6.66. The number of nitrogens with one attached hydrogen (secondary N) is 1. The summed E-state index contributed by atoms with van der Waals surface area (Å²) in [6, 6.07) is 0.651. The predicted molar refractivity (Wildman–Crippen MR) is 58.2 cm³/mol. The third-order valence-electron chi connectivity index (χ3n) is 2.70. The first-order chi connectivity index (χ1) is 6.36. The van der Waals surface area contributed by atoms with E-state index in [-0.39, 0.29) is 6.67 Å². The van der Waals surface area contributed by atoms with Crippen molar-refractivity contribution in [1.29, 1.82) is 0 Å². The van der Waals surface area contributed by atoms with E-state index in [4.69, 9.17) is 0 Å². The van der Waals surface area contributed by atoms with E-state index < -0.39 is 0 Å². The van der Waals surface area contributed by atoms with Gasteiger partial charge in [0.2, 0.25) is 0 Å². The molecule has 0 bridgehead atoms. The van der Waals surface area contributed by atoms with E-state index in [2.05, 4.69) is 11.6 Å². The lowest BCUT2D eigenvalue weighted by Gasteiger charge is -2.28. The topological polar surface area (TPSA) is 12.0 Å². The first-order valence-corrected chi connectivity index (χ1v) is 6.47. The van der Waals surface area contributed by atoms with Gasteiger partial charge in [0.15, 0.2) is 0 Å². The van der Waals surface area contributed by atoms with E-state index in [1.54, 1.807) is 0 Å². The Morgan fingerprint density at radius 1 is 1.46 bits per heavy atom. The van der Waals surface area contributed by atoms with Crippen LogP contribution in [0.3, 0.4) is 0 Å². The summed E-state index contributed by atoms with van der Waals surface area (Å²) in [7, 11) is 0. The number of halogens is 1. The maximum Gasteiger partial charge on any atom is 0.0906 e. The summed E-state index contributed by atoms with van der Waals surface area (Å²) >= 11 is 1.97. The lowest BCUT2D eigenvalue weighted by molar-refractivity contribution is 0.367. The SMILES string of the molecule is CSC1CCCC(NCCCF)C1. The lowest BCUT2D eigenvalue weighted by atomic mass is 9.95. The zero-order valence-corrected chi connectivity index (χ0v) is 9.21. The third kappa shape index (κ3) is 4.32. The first-order valence-electron chi connectivity index (χ1n) is 5.19. The van der Waals surface area contributed by atoms with Gasteiger partial charge in [0, 0.05) is 11.3 Å². The van der Waals surface area contributed by atoms with Crippen molar-refractivity contribution in [1.82, 2.24) is 5.32 Å². The Hall–Kier alpha value is 0.240. The van der Waals surface area contributed by atoms with Crippen LogP contribution in [-0.2, 0) is 0 Å². The second-order valence-corrected chi connectivity index (χ2v) is 4.86. The maximum absolute atomic E-state index is 11.8. The molecule has 1 rings (SSSR count). The van der Waals surface area contributed by atoms with Crippen molar-refractivity contribution in [3.05, 3.63) is 0 Å². The van der Waals surface area contributed by atoms with E-state index in [0.717, 1.165) is 11.8 Å². The van der Waals surface area contributed by atoms with Crippen LogP contribution in [0.2, 0.25) is 0 Å². The Morgan fingerprint density at radius 2 is 2.31 bits per heavy atom. The van der Waals surface area contributed by atoms with Gasteiger partial charge in [-0.15, -0.1) is 0 Å². The quantitative estimate of drug-likeness (QED) is 0.692. The van der Waals surface area contributed by atoms with Crippen LogP contribution in [-0.4, -0.2) is 30.8 Å². The third-order valence-corrected chi connectivity index (χ3v) is 3.80. The van der Waals surface area contributed by atoms with Gasteiger partial charge in [-0.05, 0) is 38.5 Å². The van der Waals surface area contributed by atoms with Crippen molar-refractivity contribution in [3.63, 3.8) is 0 Å². The van der Waals surface area contributed by atoms with Crippen molar-refractivity contribution < 1.29 is 4.39 Å². The van der Waals surface area contributed by atoms with Crippen LogP contribution in [0.15, 0.2) is 0 Å². The molecule has 0 heterocycles. The van der Waals surface area contributed by atoms with Crippen LogP contribution in [0.25, 0.3) is 0 Å². The van der Waals surface area contributed by atoms with E-state index in [1.807, 2.05) is 11.8 Å². The Morgan fingerprint density at radius 3 is 3.00 bits per heavy atom. The summed E-state index contributed by atoms with van der Waals surface area (Å²) in [6.45, 7) is 0.661. The van der Waals surface area contributed by atoms with Crippen molar-refractivity contribution in [2.45, 2.75) is 43.4 Å². The average Bonchev–Trinajstić information content (AvgIpc) is 2.19. The fraction of sp³-hybridized carbons (Fsp3) is 1.00. The smallest absolute Gasteiger partial charge is 0.0906 e. The molecule has 0 saturated heterocycles. The minimum absolute atomic E-state index is 0.189. The Kier molecular flexibility index (Phi) is 5.80. The predicted octanol–water partition coefficient (Wildman–Crippen LogP) is 2.61. The summed E-state index contributed by atoms with van der Waals surface area (Å²) < 4.78 is 11.8. The highest BCUT2D eigenvalue weighted by Crippen LogP contribution is 2.26. The van der Waals surface area contributed by atoms with Crippen LogP contribution in [0.5, 0.6) is 0 Å². The largest absolute Gasteiger partial charge is 0.314 e. The van der Waals surface area contributed by atoms with Crippen LogP contribution in [0.4, 0.5) is 4.39 Å². The second-order valence-electron chi connectivity index (χ2n) is 3.72. The van der Waals surface area contributed by atoms with E-state index in [9.17, 15) is 4.39 Å². The molecule has 0 spiro atoms. The molecule has 0 aromatic rings. The average molecular weight is 205 g/mol. The van der Waals surface area contributed by atoms with Gasteiger partial charge in [-0.25, -0.2) is 0 Å². The molecule has 0 aliphatic heterocycles. The summed E-state index contributed by atoms with van der Waals surface area (Å²) in [5, 5.41) is 4.26. The maximum atomic E-state index is 11.8. The van der Waals surface area contributed by atoms with Gasteiger partial charge in [0.25, 0.3) is 0 Å². The summed E-state index contributed by atoms with van der Waals surface area (Å²) in [5.41, 5.74) is 0. The van der Waals surface area contributed by atoms with Crippen LogP contribution < -0.4 is 5.32 Å². The van der Waals surface area contributed by atoms with Gasteiger partial charge in [0.05, 0.1) is 6.67 Å². The summed E-state index contributed by atoms with van der Waals surface area (Å²) in [4.78, 5) is 0. The van der Waals surface area contributed by atoms with Crippen molar-refractivity contribution in [2.24, 2.45) is 0 Å². The lowest BCUT2D eigenvalue weighted by Crippen LogP contribution is -2.35. The highest BCUT2D eigenvalue weighted by Gasteiger charge is 2.20. The van der Waals surface area contributed by atoms with E-state index >= 15 is 0 Å². The zero-order valence-electron chi connectivity index (χ0n) is 8.39. The Balaban J connectivity index is 2.11. The molecule has 3 heteroatoms. The number of alkyl halides is 1. The van der Waals surface area contributed by atoms with Crippen LogP contribution in [0, 0.1) is 0 Å². The normalized spacial score (nSPS) is 29.1. The van der Waals surface area contributed by atoms with Gasteiger partial charge < -0.3 is 5.32 Å². The molecule has 78 valence electrons. The first kappa shape index (κ1) is 11.3. The van der Waals surface area contributed by atoms with Gasteiger partial charge in [-0.2, -0.15) is 11.8 Å². The van der Waals surface area contributed by atoms with Gasteiger partial charge >= 0.3 is 0 Å². The molecule has 1 nitrogen and oxygen atoms in total. The molecule has 1 aliphatic rings. The van der Waals surface area contributed by atoms with Crippen LogP contribution in [0.1, 0.15) is 32.1 Å². The number of hydrogen-bond donors (Lipinski definition) is 1. The molecule has 2 atom stereocenters. The van der Waals surface area contributed by atoms with Crippen molar-refractivity contribution in [2.75, 3.05) is 19.5 Å². The fourth-order valence-corrected chi connectivity index (χ4v) is 2.74. The minimum Gasteiger partial charge on any atom is -0.314 e. The number of rotatable bonds is 5. The molecule has 2 unspecified atom stereocenters. The van der Waals surface area contributed by atoms with Crippen molar-refractivity contribution >= 4 is 11.8 Å². The van der Waals surface area contributed by atoms with Crippen molar-refractivity contribution in [3.8, 4) is 0 Å². The summed E-state index contributed by atoms with van der Waals surface area (Å²) in [5.74, 6) is 0. The monoisotopic (exact) mass is 205 g/mol. The number of thioether (sulfide) groups is 1. The molecule has 0 amide bonds. The molecular weight excluding hydrogens is 185 g/mol. The molecule has 1 fully saturated rings. The molecule has 1 aliphatic carbocycles. The van der Waals surface area contributed by atoms with Gasteiger partial charge in [-0.3, -0.25) is 4.39 Å². The van der Waals surface area contributed by atoms with E-state index in [1.165, 1.54) is 25.7 Å². The molecule has 0 aromatic heterocycles. The molecule has 0 radical (unpaired) electrons. The standard InChI is InChI=1S/C10H20FNS/c1-13-10-5-2-4-9(8-10)12-7-3-6-11/h9-10,12H,2-8H2,1H3. The Labute approximate surface area is 84.9 Å². The molecule has 1 saturated carbocycles. The highest BCUT2D eigenvalue weighted by molar-refractivity contribution is 7.99. The molecule has 13 heavy (non-hydrogen) atoms. The molecule has 1 N–H and O–H groups in total. The Bertz CT molecular complexity index is 132. The van der Waals surface area contributed by atoms with Crippen LogP contribution >= 0.6 is 11.8 Å². The van der Waals surface area contributed by atoms with E-state index in [0.29, 0.717) is 12.5 Å². The molecular formula is C10H20FNS. The van der Waals surface area contributed by atoms with Gasteiger partial charge in [0.1, 0.15) is 0 Å². The molecule has 0 aromatic carbocycles. The fourth-order valence-electron chi connectivity index (χ4n) is 1.92. The van der Waals surface area contributed by atoms with Gasteiger partial charge in [-0.1, -0.05) is 6.42 Å². The zero-order chi connectivity index (χ0) is 9.52. The minimum atomic E-state index is -0.189. The number of hydrogen-bond acceptors (Lipinski definition) is 2.